The van der Waals surface area contributed by atoms with Gasteiger partial charge in [0.2, 0.25) is 0 Å². The van der Waals surface area contributed by atoms with Crippen LogP contribution in [-0.2, 0) is 14.3 Å². The average Bonchev–Trinajstić information content (AvgIpc) is 3.04. The number of likely N-dealkylation sites (tertiary alicyclic amines) is 1. The molecule has 2 fully saturated rings. The number of rotatable bonds is 3. The van der Waals surface area contributed by atoms with E-state index in [0.717, 1.165) is 12.8 Å². The Balaban J connectivity index is 1.23. The molecule has 29 heavy (non-hydrogen) atoms. The monoisotopic (exact) mass is 393 g/mol. The zero-order valence-corrected chi connectivity index (χ0v) is 16.0. The Bertz CT molecular complexity index is 920. The second-order valence-electron chi connectivity index (χ2n) is 8.18. The van der Waals surface area contributed by atoms with E-state index in [9.17, 15) is 14.7 Å². The number of carboxylic acid groups (broad SMARTS) is 1. The lowest BCUT2D eigenvalue weighted by Gasteiger charge is -2.52. The number of carbonyl (C=O) groups excluding carboxylic acids is 1. The quantitative estimate of drug-likeness (QED) is 0.862. The maximum absolute atomic E-state index is 12.6. The summed E-state index contributed by atoms with van der Waals surface area (Å²) in [7, 11) is 0. The summed E-state index contributed by atoms with van der Waals surface area (Å²) in [6, 6.07) is 16.5. The molecule has 1 unspecified atom stereocenters. The molecule has 0 aromatic heterocycles. The average molecular weight is 393 g/mol. The summed E-state index contributed by atoms with van der Waals surface area (Å²) in [5.41, 5.74) is 4.24. The van der Waals surface area contributed by atoms with Gasteiger partial charge in [-0.25, -0.2) is 9.59 Å². The Kier molecular flexibility index (Phi) is 4.32. The maximum atomic E-state index is 12.6. The molecule has 1 aliphatic carbocycles. The highest BCUT2D eigenvalue weighted by atomic mass is 16.6. The van der Waals surface area contributed by atoms with Crippen molar-refractivity contribution in [3.8, 4) is 11.1 Å². The lowest BCUT2D eigenvalue weighted by atomic mass is 9.85. The van der Waals surface area contributed by atoms with Crippen LogP contribution >= 0.6 is 0 Å². The third kappa shape index (κ3) is 3.08. The molecule has 6 nitrogen and oxygen atoms in total. The van der Waals surface area contributed by atoms with Crippen molar-refractivity contribution in [1.82, 2.24) is 4.90 Å². The van der Waals surface area contributed by atoms with Gasteiger partial charge < -0.3 is 19.5 Å². The highest BCUT2D eigenvalue weighted by Gasteiger charge is 2.51. The van der Waals surface area contributed by atoms with Crippen LogP contribution < -0.4 is 0 Å². The maximum Gasteiger partial charge on any atom is 0.409 e. The molecular weight excluding hydrogens is 370 g/mol. The van der Waals surface area contributed by atoms with E-state index in [1.54, 1.807) is 4.90 Å². The van der Waals surface area contributed by atoms with E-state index >= 15 is 0 Å². The number of nitrogens with zero attached hydrogens (tertiary/aromatic N) is 1. The summed E-state index contributed by atoms with van der Waals surface area (Å²) in [6.07, 6.45) is 0.980. The molecule has 1 amide bonds. The minimum atomic E-state index is -0.927. The Hall–Kier alpha value is -2.86. The van der Waals surface area contributed by atoms with Gasteiger partial charge in [0.1, 0.15) is 12.2 Å². The SMILES string of the molecule is O=C(O)C1CCCC2(CN(C(=O)OCC3c4ccccc4-c4ccccc43)C2)O1. The molecule has 5 rings (SSSR count). The number of carboxylic acids is 1. The summed E-state index contributed by atoms with van der Waals surface area (Å²) in [5, 5.41) is 9.20. The molecule has 1 spiro atoms. The van der Waals surface area contributed by atoms with E-state index < -0.39 is 17.7 Å². The van der Waals surface area contributed by atoms with E-state index in [0.29, 0.717) is 19.5 Å². The topological polar surface area (TPSA) is 76.1 Å². The number of benzene rings is 2. The van der Waals surface area contributed by atoms with Crippen molar-refractivity contribution >= 4 is 12.1 Å². The van der Waals surface area contributed by atoms with E-state index in [1.165, 1.54) is 22.3 Å². The Morgan fingerprint density at radius 1 is 1.07 bits per heavy atom. The number of aliphatic carboxylic acids is 1. The lowest BCUT2D eigenvalue weighted by molar-refractivity contribution is -0.204. The first-order chi connectivity index (χ1) is 14.1. The van der Waals surface area contributed by atoms with Crippen LogP contribution in [-0.4, -0.2) is 53.5 Å². The number of carbonyl (C=O) groups is 2. The van der Waals surface area contributed by atoms with Crippen LogP contribution in [0.5, 0.6) is 0 Å². The van der Waals surface area contributed by atoms with Crippen LogP contribution in [0.15, 0.2) is 48.5 Å². The van der Waals surface area contributed by atoms with Crippen LogP contribution in [0.4, 0.5) is 4.79 Å². The van der Waals surface area contributed by atoms with Crippen molar-refractivity contribution in [2.24, 2.45) is 0 Å². The number of ether oxygens (including phenoxy) is 2. The van der Waals surface area contributed by atoms with Gasteiger partial charge in [-0.05, 0) is 41.5 Å². The standard InChI is InChI=1S/C23H23NO5/c25-21(26)20-10-5-11-23(29-20)13-24(14-23)22(27)28-12-19-17-8-3-1-6-15(17)16-7-2-4-9-18(16)19/h1-4,6-9,19-20H,5,10-14H2,(H,25,26). The minimum absolute atomic E-state index is 0.0314. The molecule has 2 heterocycles. The van der Waals surface area contributed by atoms with Crippen molar-refractivity contribution in [3.05, 3.63) is 59.7 Å². The second kappa shape index (κ2) is 6.88. The molecule has 3 aliphatic rings. The largest absolute Gasteiger partial charge is 0.479 e. The highest BCUT2D eigenvalue weighted by molar-refractivity contribution is 5.79. The number of hydrogen-bond donors (Lipinski definition) is 1. The van der Waals surface area contributed by atoms with Crippen LogP contribution in [0.2, 0.25) is 0 Å². The van der Waals surface area contributed by atoms with E-state index in [-0.39, 0.29) is 18.6 Å². The minimum Gasteiger partial charge on any atom is -0.479 e. The van der Waals surface area contributed by atoms with Gasteiger partial charge in [0, 0.05) is 5.92 Å². The van der Waals surface area contributed by atoms with Crippen molar-refractivity contribution in [3.63, 3.8) is 0 Å². The lowest BCUT2D eigenvalue weighted by Crippen LogP contribution is -2.67. The third-order valence-electron chi connectivity index (χ3n) is 6.32. The molecule has 6 heteroatoms. The van der Waals surface area contributed by atoms with Crippen molar-refractivity contribution in [1.29, 1.82) is 0 Å². The fraction of sp³-hybridized carbons (Fsp3) is 0.391. The summed E-state index contributed by atoms with van der Waals surface area (Å²) < 4.78 is 11.4. The summed E-state index contributed by atoms with van der Waals surface area (Å²) in [6.45, 7) is 1.08. The molecule has 150 valence electrons. The summed E-state index contributed by atoms with van der Waals surface area (Å²) in [5.74, 6) is -0.896. The zero-order chi connectivity index (χ0) is 20.0. The number of hydrogen-bond acceptors (Lipinski definition) is 4. The first-order valence-electron chi connectivity index (χ1n) is 10.1. The molecule has 0 radical (unpaired) electrons. The molecule has 0 saturated carbocycles. The van der Waals surface area contributed by atoms with Crippen LogP contribution in [0, 0.1) is 0 Å². The van der Waals surface area contributed by atoms with Crippen molar-refractivity contribution < 1.29 is 24.2 Å². The first kappa shape index (κ1) is 18.2. The first-order valence-corrected chi connectivity index (χ1v) is 10.1. The molecule has 2 aliphatic heterocycles. The van der Waals surface area contributed by atoms with Crippen molar-refractivity contribution in [2.45, 2.75) is 36.9 Å². The van der Waals surface area contributed by atoms with Crippen LogP contribution in [0.1, 0.15) is 36.3 Å². The highest BCUT2D eigenvalue weighted by Crippen LogP contribution is 2.44. The molecule has 1 N–H and O–H groups in total. The van der Waals surface area contributed by atoms with Gasteiger partial charge in [-0.3, -0.25) is 0 Å². The Morgan fingerprint density at radius 2 is 1.69 bits per heavy atom. The predicted molar refractivity (Wildman–Crippen MR) is 106 cm³/mol. The Morgan fingerprint density at radius 3 is 2.31 bits per heavy atom. The van der Waals surface area contributed by atoms with Gasteiger partial charge in [0.25, 0.3) is 0 Å². The third-order valence-corrected chi connectivity index (χ3v) is 6.32. The summed E-state index contributed by atoms with van der Waals surface area (Å²) in [4.78, 5) is 25.4. The zero-order valence-electron chi connectivity index (χ0n) is 16.0. The molecule has 1 atom stereocenters. The molecule has 2 aromatic rings. The van der Waals surface area contributed by atoms with E-state index in [4.69, 9.17) is 9.47 Å². The molecule has 0 bridgehead atoms. The van der Waals surface area contributed by atoms with Gasteiger partial charge in [-0.2, -0.15) is 0 Å². The normalized spacial score (nSPS) is 21.9. The van der Waals surface area contributed by atoms with Gasteiger partial charge >= 0.3 is 12.1 Å². The van der Waals surface area contributed by atoms with Gasteiger partial charge in [0.05, 0.1) is 13.1 Å². The van der Waals surface area contributed by atoms with Gasteiger partial charge in [-0.15, -0.1) is 0 Å². The molecular formula is C23H23NO5. The number of fused-ring (bicyclic) bond motifs is 3. The van der Waals surface area contributed by atoms with Gasteiger partial charge in [0.15, 0.2) is 6.10 Å². The molecule has 2 aromatic carbocycles. The van der Waals surface area contributed by atoms with Crippen molar-refractivity contribution in [2.75, 3.05) is 19.7 Å². The predicted octanol–water partition coefficient (Wildman–Crippen LogP) is 3.64. The molecule has 2 saturated heterocycles. The second-order valence-corrected chi connectivity index (χ2v) is 8.18. The van der Waals surface area contributed by atoms with E-state index in [2.05, 4.69) is 24.3 Å². The summed E-state index contributed by atoms with van der Waals surface area (Å²) >= 11 is 0. The van der Waals surface area contributed by atoms with Gasteiger partial charge in [-0.1, -0.05) is 48.5 Å². The Labute approximate surface area is 169 Å². The fourth-order valence-corrected chi connectivity index (χ4v) is 4.90. The van der Waals surface area contributed by atoms with E-state index in [1.807, 2.05) is 24.3 Å². The number of amides is 1. The smallest absolute Gasteiger partial charge is 0.409 e. The fourth-order valence-electron chi connectivity index (χ4n) is 4.90. The van der Waals surface area contributed by atoms with Crippen LogP contribution in [0.25, 0.3) is 11.1 Å². The van der Waals surface area contributed by atoms with Crippen LogP contribution in [0.3, 0.4) is 0 Å².